The summed E-state index contributed by atoms with van der Waals surface area (Å²) in [4.78, 5) is 13.4. The minimum atomic E-state index is -4.10. The van der Waals surface area contributed by atoms with Gasteiger partial charge >= 0.3 is 6.18 Å². The zero-order valence-electron chi connectivity index (χ0n) is 10.7. The third-order valence-electron chi connectivity index (χ3n) is 3.42. The molecular weight excluding hydrogens is 247 g/mol. The molecule has 0 aromatic rings. The highest BCUT2D eigenvalue weighted by Crippen LogP contribution is 2.34. The summed E-state index contributed by atoms with van der Waals surface area (Å²) in [6.07, 6.45) is -3.90. The largest absolute Gasteiger partial charge is 0.391 e. The number of likely N-dealkylation sites (tertiary alicyclic amines) is 1. The minimum absolute atomic E-state index is 0.101. The zero-order chi connectivity index (χ0) is 14.0. The van der Waals surface area contributed by atoms with Crippen LogP contribution in [-0.4, -0.2) is 36.6 Å². The maximum absolute atomic E-state index is 12.5. The number of piperidine rings is 1. The van der Waals surface area contributed by atoms with Gasteiger partial charge in [-0.1, -0.05) is 0 Å². The van der Waals surface area contributed by atoms with Crippen molar-refractivity contribution in [1.82, 2.24) is 10.3 Å². The molecule has 0 aromatic carbocycles. The van der Waals surface area contributed by atoms with E-state index in [1.807, 2.05) is 4.90 Å². The van der Waals surface area contributed by atoms with Crippen molar-refractivity contribution < 1.29 is 18.0 Å². The van der Waals surface area contributed by atoms with Crippen LogP contribution in [0, 0.1) is 11.3 Å². The molecule has 0 bridgehead atoms. The summed E-state index contributed by atoms with van der Waals surface area (Å²) in [7, 11) is 0. The predicted octanol–water partition coefficient (Wildman–Crippen LogP) is 1.28. The van der Waals surface area contributed by atoms with Gasteiger partial charge in [-0.15, -0.1) is 0 Å². The second-order valence-corrected chi connectivity index (χ2v) is 5.45. The molecule has 1 fully saturated rings. The number of hydrogen-bond acceptors (Lipinski definition) is 3. The van der Waals surface area contributed by atoms with E-state index < -0.39 is 17.5 Å². The number of hydrogen-bond donors (Lipinski definition) is 2. The van der Waals surface area contributed by atoms with Crippen molar-refractivity contribution in [2.45, 2.75) is 32.9 Å². The second-order valence-electron chi connectivity index (χ2n) is 5.45. The van der Waals surface area contributed by atoms with Crippen LogP contribution in [0.25, 0.3) is 0 Å². The van der Waals surface area contributed by atoms with E-state index >= 15 is 0 Å². The standard InChI is InChI=1S/C11H20F3N3O/c1-10(2,9(18)16-15)7-17-5-3-8(4-6-17)11(12,13)14/h8H,3-7,15H2,1-2H3,(H,16,18). The molecule has 1 saturated heterocycles. The number of carbonyl (C=O) groups is 1. The Bertz CT molecular complexity index is 296. The molecule has 18 heavy (non-hydrogen) atoms. The molecule has 1 rings (SSSR count). The fourth-order valence-corrected chi connectivity index (χ4v) is 2.24. The molecule has 1 aliphatic heterocycles. The number of rotatable bonds is 3. The molecule has 3 N–H and O–H groups in total. The summed E-state index contributed by atoms with van der Waals surface area (Å²) in [5.74, 6) is 3.56. The Morgan fingerprint density at radius 1 is 1.33 bits per heavy atom. The van der Waals surface area contributed by atoms with Crippen LogP contribution in [-0.2, 0) is 4.79 Å². The Hall–Kier alpha value is -0.820. The van der Waals surface area contributed by atoms with Crippen molar-refractivity contribution in [1.29, 1.82) is 0 Å². The van der Waals surface area contributed by atoms with Gasteiger partial charge in [0.05, 0.1) is 11.3 Å². The van der Waals surface area contributed by atoms with Crippen molar-refractivity contribution >= 4 is 5.91 Å². The monoisotopic (exact) mass is 267 g/mol. The van der Waals surface area contributed by atoms with Crippen LogP contribution in [0.5, 0.6) is 0 Å². The van der Waals surface area contributed by atoms with Gasteiger partial charge in [-0.3, -0.25) is 10.2 Å². The highest BCUT2D eigenvalue weighted by Gasteiger charge is 2.42. The number of nitrogens with two attached hydrogens (primary N) is 1. The maximum atomic E-state index is 12.5. The number of hydrazine groups is 1. The highest BCUT2D eigenvalue weighted by molar-refractivity contribution is 5.81. The molecular formula is C11H20F3N3O. The quantitative estimate of drug-likeness (QED) is 0.460. The molecule has 0 atom stereocenters. The van der Waals surface area contributed by atoms with E-state index in [4.69, 9.17) is 5.84 Å². The van der Waals surface area contributed by atoms with Crippen LogP contribution in [0.15, 0.2) is 0 Å². The normalized spacial score (nSPS) is 19.9. The Kier molecular flexibility index (Phi) is 4.61. The van der Waals surface area contributed by atoms with E-state index in [-0.39, 0.29) is 18.7 Å². The minimum Gasteiger partial charge on any atom is -0.302 e. The maximum Gasteiger partial charge on any atom is 0.391 e. The first-order valence-electron chi connectivity index (χ1n) is 5.97. The van der Waals surface area contributed by atoms with E-state index in [9.17, 15) is 18.0 Å². The lowest BCUT2D eigenvalue weighted by atomic mass is 9.89. The Labute approximate surface area is 105 Å². The topological polar surface area (TPSA) is 58.4 Å². The molecule has 0 aliphatic carbocycles. The predicted molar refractivity (Wildman–Crippen MR) is 61.3 cm³/mol. The summed E-state index contributed by atoms with van der Waals surface area (Å²) in [5.41, 5.74) is 1.39. The average molecular weight is 267 g/mol. The lowest BCUT2D eigenvalue weighted by Crippen LogP contribution is -2.49. The van der Waals surface area contributed by atoms with E-state index in [0.717, 1.165) is 0 Å². The Morgan fingerprint density at radius 3 is 2.22 bits per heavy atom. The molecule has 4 nitrogen and oxygen atoms in total. The van der Waals surface area contributed by atoms with Crippen LogP contribution in [0.3, 0.4) is 0 Å². The van der Waals surface area contributed by atoms with E-state index in [1.165, 1.54) is 0 Å². The lowest BCUT2D eigenvalue weighted by molar-refractivity contribution is -0.185. The first-order chi connectivity index (χ1) is 8.16. The molecule has 0 spiro atoms. The number of nitrogens with one attached hydrogen (secondary N) is 1. The third-order valence-corrected chi connectivity index (χ3v) is 3.42. The van der Waals surface area contributed by atoms with Gasteiger partial charge < -0.3 is 4.90 Å². The molecule has 106 valence electrons. The molecule has 0 unspecified atom stereocenters. The van der Waals surface area contributed by atoms with Gasteiger partial charge in [-0.05, 0) is 39.8 Å². The SMILES string of the molecule is CC(C)(CN1CCC(C(F)(F)F)CC1)C(=O)NN. The number of carbonyl (C=O) groups excluding carboxylic acids is 1. The van der Waals surface area contributed by atoms with Gasteiger partial charge in [0, 0.05) is 6.54 Å². The van der Waals surface area contributed by atoms with Gasteiger partial charge in [-0.25, -0.2) is 5.84 Å². The molecule has 0 radical (unpaired) electrons. The fraction of sp³-hybridized carbons (Fsp3) is 0.909. The van der Waals surface area contributed by atoms with Crippen LogP contribution >= 0.6 is 0 Å². The van der Waals surface area contributed by atoms with E-state index in [0.29, 0.717) is 19.6 Å². The lowest BCUT2D eigenvalue weighted by Gasteiger charge is -2.36. The number of nitrogens with zero attached hydrogens (tertiary/aromatic N) is 1. The van der Waals surface area contributed by atoms with Gasteiger partial charge in [0.15, 0.2) is 0 Å². The van der Waals surface area contributed by atoms with Crippen molar-refractivity contribution in [2.75, 3.05) is 19.6 Å². The van der Waals surface area contributed by atoms with Crippen molar-refractivity contribution in [2.24, 2.45) is 17.2 Å². The van der Waals surface area contributed by atoms with Crippen LogP contribution in [0.2, 0.25) is 0 Å². The Balaban J connectivity index is 2.47. The average Bonchev–Trinajstić information content (AvgIpc) is 2.26. The van der Waals surface area contributed by atoms with Crippen LogP contribution in [0.1, 0.15) is 26.7 Å². The first-order valence-corrected chi connectivity index (χ1v) is 5.97. The van der Waals surface area contributed by atoms with Crippen molar-refractivity contribution in [3.05, 3.63) is 0 Å². The summed E-state index contributed by atoms with van der Waals surface area (Å²) in [5, 5.41) is 0. The molecule has 0 saturated carbocycles. The van der Waals surface area contributed by atoms with Gasteiger partial charge in [0.1, 0.15) is 0 Å². The molecule has 1 heterocycles. The summed E-state index contributed by atoms with van der Waals surface area (Å²) in [6.45, 7) is 4.60. The molecule has 1 aliphatic rings. The number of alkyl halides is 3. The first kappa shape index (κ1) is 15.2. The van der Waals surface area contributed by atoms with Gasteiger partial charge in [-0.2, -0.15) is 13.2 Å². The van der Waals surface area contributed by atoms with Crippen molar-refractivity contribution in [3.63, 3.8) is 0 Å². The summed E-state index contributed by atoms with van der Waals surface area (Å²) in [6, 6.07) is 0. The van der Waals surface area contributed by atoms with Gasteiger partial charge in [0.2, 0.25) is 5.91 Å². The van der Waals surface area contributed by atoms with Crippen LogP contribution < -0.4 is 11.3 Å². The molecule has 7 heteroatoms. The highest BCUT2D eigenvalue weighted by atomic mass is 19.4. The number of halogens is 3. The summed E-state index contributed by atoms with van der Waals surface area (Å²) >= 11 is 0. The van der Waals surface area contributed by atoms with Gasteiger partial charge in [0.25, 0.3) is 0 Å². The van der Waals surface area contributed by atoms with E-state index in [1.54, 1.807) is 13.8 Å². The van der Waals surface area contributed by atoms with Crippen molar-refractivity contribution in [3.8, 4) is 0 Å². The third kappa shape index (κ3) is 3.84. The van der Waals surface area contributed by atoms with Crippen LogP contribution in [0.4, 0.5) is 13.2 Å². The van der Waals surface area contributed by atoms with E-state index in [2.05, 4.69) is 5.43 Å². The Morgan fingerprint density at radius 2 is 1.83 bits per heavy atom. The molecule has 1 amide bonds. The summed E-state index contributed by atoms with van der Waals surface area (Å²) < 4.78 is 37.5. The zero-order valence-corrected chi connectivity index (χ0v) is 10.7. The second kappa shape index (κ2) is 5.44. The fourth-order valence-electron chi connectivity index (χ4n) is 2.24. The smallest absolute Gasteiger partial charge is 0.302 e. The number of amides is 1. The molecule has 0 aromatic heterocycles.